The highest BCUT2D eigenvalue weighted by atomic mass is 32.1. The zero-order chi connectivity index (χ0) is 13.3. The van der Waals surface area contributed by atoms with Crippen LogP contribution >= 0.6 is 11.3 Å². The molecular weight excluding hydrogens is 242 g/mol. The molecule has 4 heteroatoms. The van der Waals surface area contributed by atoms with Gasteiger partial charge in [-0.3, -0.25) is 4.98 Å². The number of thiazole rings is 1. The molecule has 0 fully saturated rings. The van der Waals surface area contributed by atoms with Crippen molar-refractivity contribution in [3.05, 3.63) is 44.7 Å². The third kappa shape index (κ3) is 2.76. The normalized spacial score (nSPS) is 12.7. The molecule has 0 saturated carbocycles. The van der Waals surface area contributed by atoms with E-state index in [4.69, 9.17) is 5.73 Å². The average molecular weight is 261 g/mol. The molecule has 3 nitrogen and oxygen atoms in total. The summed E-state index contributed by atoms with van der Waals surface area (Å²) in [6.07, 6.45) is 0.783. The predicted octanol–water partition coefficient (Wildman–Crippen LogP) is 3.01. The van der Waals surface area contributed by atoms with E-state index >= 15 is 0 Å². The summed E-state index contributed by atoms with van der Waals surface area (Å²) in [5.74, 6) is 0. The summed E-state index contributed by atoms with van der Waals surface area (Å²) in [4.78, 5) is 10.3. The Morgan fingerprint density at radius 1 is 1.11 bits per heavy atom. The van der Waals surface area contributed by atoms with E-state index in [1.165, 1.54) is 4.88 Å². The fourth-order valence-corrected chi connectivity index (χ4v) is 3.01. The Morgan fingerprint density at radius 3 is 2.39 bits per heavy atom. The maximum Gasteiger partial charge on any atom is 0.0949 e. The molecular formula is C14H19N3S. The standard InChI is InChI=1S/C14H19N3S/c1-8-5-6-12(10(3)16-8)13(15)7-14-17-9(2)11(4)18-14/h5-6,13H,7,15H2,1-4H3. The number of pyridine rings is 1. The van der Waals surface area contributed by atoms with Crippen LogP contribution in [0.4, 0.5) is 0 Å². The van der Waals surface area contributed by atoms with Crippen LogP contribution in [0.1, 0.15) is 38.6 Å². The molecule has 0 bridgehead atoms. The third-order valence-corrected chi connectivity index (χ3v) is 4.23. The molecule has 0 aliphatic rings. The lowest BCUT2D eigenvalue weighted by atomic mass is 10.0. The summed E-state index contributed by atoms with van der Waals surface area (Å²) in [5.41, 5.74) is 10.5. The lowest BCUT2D eigenvalue weighted by Gasteiger charge is -2.13. The summed E-state index contributed by atoms with van der Waals surface area (Å²) in [6, 6.07) is 4.07. The van der Waals surface area contributed by atoms with E-state index in [1.807, 2.05) is 26.8 Å². The van der Waals surface area contributed by atoms with Gasteiger partial charge in [0, 0.05) is 28.7 Å². The first-order chi connectivity index (χ1) is 8.47. The molecule has 0 spiro atoms. The molecule has 18 heavy (non-hydrogen) atoms. The van der Waals surface area contributed by atoms with Gasteiger partial charge in [-0.25, -0.2) is 4.98 Å². The second-order valence-corrected chi connectivity index (χ2v) is 5.97. The third-order valence-electron chi connectivity index (χ3n) is 3.13. The van der Waals surface area contributed by atoms with Gasteiger partial charge in [0.25, 0.3) is 0 Å². The van der Waals surface area contributed by atoms with Crippen LogP contribution in [-0.2, 0) is 6.42 Å². The van der Waals surface area contributed by atoms with Gasteiger partial charge in [-0.2, -0.15) is 0 Å². The van der Waals surface area contributed by atoms with Crippen LogP contribution in [0.25, 0.3) is 0 Å². The highest BCUT2D eigenvalue weighted by Gasteiger charge is 2.13. The Bertz CT molecular complexity index is 541. The summed E-state index contributed by atoms with van der Waals surface area (Å²) in [6.45, 7) is 8.15. The molecule has 2 aromatic heterocycles. The van der Waals surface area contributed by atoms with Gasteiger partial charge >= 0.3 is 0 Å². The van der Waals surface area contributed by atoms with Crippen LogP contribution in [0.5, 0.6) is 0 Å². The monoisotopic (exact) mass is 261 g/mol. The van der Waals surface area contributed by atoms with Crippen LogP contribution in [0.3, 0.4) is 0 Å². The molecule has 0 aromatic carbocycles. The maximum atomic E-state index is 6.26. The fourth-order valence-electron chi connectivity index (χ4n) is 2.01. The van der Waals surface area contributed by atoms with Gasteiger partial charge < -0.3 is 5.73 Å². The Kier molecular flexibility index (Phi) is 3.78. The van der Waals surface area contributed by atoms with E-state index in [2.05, 4.69) is 23.0 Å². The number of aromatic nitrogens is 2. The number of nitrogens with two attached hydrogens (primary N) is 1. The van der Waals surface area contributed by atoms with Gasteiger partial charge in [-0.1, -0.05) is 6.07 Å². The van der Waals surface area contributed by atoms with E-state index in [-0.39, 0.29) is 6.04 Å². The Morgan fingerprint density at radius 2 is 1.83 bits per heavy atom. The van der Waals surface area contributed by atoms with Crippen molar-refractivity contribution in [3.63, 3.8) is 0 Å². The SMILES string of the molecule is Cc1ccc(C(N)Cc2nc(C)c(C)s2)c(C)n1. The first-order valence-electron chi connectivity index (χ1n) is 6.10. The number of hydrogen-bond acceptors (Lipinski definition) is 4. The highest BCUT2D eigenvalue weighted by Crippen LogP contribution is 2.23. The first kappa shape index (κ1) is 13.2. The number of aryl methyl sites for hydroxylation is 4. The molecule has 0 saturated heterocycles. The van der Waals surface area contributed by atoms with E-state index in [0.717, 1.165) is 34.1 Å². The Balaban J connectivity index is 2.19. The molecule has 1 atom stereocenters. The van der Waals surface area contributed by atoms with Crippen molar-refractivity contribution < 1.29 is 0 Å². The number of rotatable bonds is 3. The van der Waals surface area contributed by atoms with Crippen molar-refractivity contribution in [1.29, 1.82) is 0 Å². The largest absolute Gasteiger partial charge is 0.324 e. The topological polar surface area (TPSA) is 51.8 Å². The maximum absolute atomic E-state index is 6.26. The van der Waals surface area contributed by atoms with Crippen molar-refractivity contribution in [2.45, 2.75) is 40.2 Å². The summed E-state index contributed by atoms with van der Waals surface area (Å²) >= 11 is 1.73. The summed E-state index contributed by atoms with van der Waals surface area (Å²) in [5, 5.41) is 1.11. The molecule has 0 aliphatic carbocycles. The zero-order valence-corrected chi connectivity index (χ0v) is 12.1. The second kappa shape index (κ2) is 5.16. The minimum Gasteiger partial charge on any atom is -0.324 e. The van der Waals surface area contributed by atoms with Gasteiger partial charge in [0.2, 0.25) is 0 Å². The van der Waals surface area contributed by atoms with Gasteiger partial charge in [0.1, 0.15) is 0 Å². The molecule has 2 N–H and O–H groups in total. The van der Waals surface area contributed by atoms with Crippen LogP contribution in [0.15, 0.2) is 12.1 Å². The molecule has 0 aliphatic heterocycles. The van der Waals surface area contributed by atoms with Crippen molar-refractivity contribution in [3.8, 4) is 0 Å². The van der Waals surface area contributed by atoms with E-state index in [0.29, 0.717) is 0 Å². The van der Waals surface area contributed by atoms with E-state index < -0.39 is 0 Å². The van der Waals surface area contributed by atoms with Crippen molar-refractivity contribution >= 4 is 11.3 Å². The van der Waals surface area contributed by atoms with Crippen molar-refractivity contribution in [1.82, 2.24) is 9.97 Å². The van der Waals surface area contributed by atoms with Gasteiger partial charge in [0.15, 0.2) is 0 Å². The average Bonchev–Trinajstić information content (AvgIpc) is 2.57. The lowest BCUT2D eigenvalue weighted by molar-refractivity contribution is 0.705. The van der Waals surface area contributed by atoms with E-state index in [9.17, 15) is 0 Å². The highest BCUT2D eigenvalue weighted by molar-refractivity contribution is 7.11. The molecule has 2 heterocycles. The smallest absolute Gasteiger partial charge is 0.0949 e. The van der Waals surface area contributed by atoms with E-state index in [1.54, 1.807) is 11.3 Å². The molecule has 96 valence electrons. The molecule has 0 amide bonds. The van der Waals surface area contributed by atoms with Crippen molar-refractivity contribution in [2.75, 3.05) is 0 Å². The lowest BCUT2D eigenvalue weighted by Crippen LogP contribution is -2.15. The Hall–Kier alpha value is -1.26. The zero-order valence-electron chi connectivity index (χ0n) is 11.3. The van der Waals surface area contributed by atoms with Crippen LogP contribution in [-0.4, -0.2) is 9.97 Å². The van der Waals surface area contributed by atoms with Gasteiger partial charge in [0.05, 0.1) is 10.7 Å². The minimum absolute atomic E-state index is 0.0250. The quantitative estimate of drug-likeness (QED) is 0.924. The van der Waals surface area contributed by atoms with Crippen LogP contribution in [0.2, 0.25) is 0 Å². The number of hydrogen-bond donors (Lipinski definition) is 1. The molecule has 0 radical (unpaired) electrons. The molecule has 2 rings (SSSR count). The number of nitrogens with zero attached hydrogens (tertiary/aromatic N) is 2. The minimum atomic E-state index is -0.0250. The second-order valence-electron chi connectivity index (χ2n) is 4.69. The summed E-state index contributed by atoms with van der Waals surface area (Å²) < 4.78 is 0. The molecule has 1 unspecified atom stereocenters. The van der Waals surface area contributed by atoms with Gasteiger partial charge in [-0.05, 0) is 39.3 Å². The van der Waals surface area contributed by atoms with Crippen molar-refractivity contribution in [2.24, 2.45) is 5.73 Å². The van der Waals surface area contributed by atoms with Gasteiger partial charge in [-0.15, -0.1) is 11.3 Å². The predicted molar refractivity (Wildman–Crippen MR) is 75.9 cm³/mol. The summed E-state index contributed by atoms with van der Waals surface area (Å²) in [7, 11) is 0. The Labute approximate surface area is 112 Å². The fraction of sp³-hybridized carbons (Fsp3) is 0.429. The van der Waals surface area contributed by atoms with Crippen LogP contribution in [0, 0.1) is 27.7 Å². The first-order valence-corrected chi connectivity index (χ1v) is 6.91. The van der Waals surface area contributed by atoms with Crippen LogP contribution < -0.4 is 5.73 Å². The molecule has 2 aromatic rings.